The summed E-state index contributed by atoms with van der Waals surface area (Å²) in [5, 5.41) is 11.8. The Morgan fingerprint density at radius 3 is 2.73 bits per heavy atom. The molecule has 0 aliphatic heterocycles. The van der Waals surface area contributed by atoms with Gasteiger partial charge in [-0.1, -0.05) is 38.1 Å². The average Bonchev–Trinajstić information content (AvgIpc) is 2.47. The molecule has 22 heavy (non-hydrogen) atoms. The zero-order valence-electron chi connectivity index (χ0n) is 13.4. The van der Waals surface area contributed by atoms with Crippen LogP contribution in [0.4, 0.5) is 4.79 Å². The molecule has 1 aliphatic carbocycles. The Hall–Kier alpha value is -2.04. The summed E-state index contributed by atoms with van der Waals surface area (Å²) in [5.74, 6) is -0.900. The van der Waals surface area contributed by atoms with E-state index in [1.165, 1.54) is 16.0 Å². The molecule has 2 rings (SSSR count). The van der Waals surface area contributed by atoms with Gasteiger partial charge in [-0.2, -0.15) is 0 Å². The van der Waals surface area contributed by atoms with Crippen LogP contribution >= 0.6 is 0 Å². The van der Waals surface area contributed by atoms with Crippen LogP contribution < -0.4 is 5.32 Å². The van der Waals surface area contributed by atoms with E-state index in [4.69, 9.17) is 5.11 Å². The van der Waals surface area contributed by atoms with E-state index in [0.29, 0.717) is 0 Å². The minimum absolute atomic E-state index is 0.0301. The predicted octanol–water partition coefficient (Wildman–Crippen LogP) is 2.82. The molecule has 1 aromatic rings. The van der Waals surface area contributed by atoms with E-state index < -0.39 is 5.97 Å². The second kappa shape index (κ2) is 6.38. The number of nitrogens with zero attached hydrogens (tertiary/aromatic N) is 1. The second-order valence-electron chi connectivity index (χ2n) is 6.64. The third-order valence-corrected chi connectivity index (χ3v) is 4.46. The maximum absolute atomic E-state index is 12.3. The topological polar surface area (TPSA) is 69.6 Å². The summed E-state index contributed by atoms with van der Waals surface area (Å²) in [4.78, 5) is 24.4. The van der Waals surface area contributed by atoms with Gasteiger partial charge in [-0.05, 0) is 29.4 Å². The number of carboxylic acid groups (broad SMARTS) is 1. The van der Waals surface area contributed by atoms with E-state index in [0.717, 1.165) is 12.8 Å². The molecule has 2 N–H and O–H groups in total. The third-order valence-electron chi connectivity index (χ3n) is 4.46. The standard InChI is InChI=1S/C17H24N2O3/c1-17(2)10-8-12-6-4-5-7-13(12)15(17)18-16(22)19(3)11-9-14(20)21/h4-7,15H,8-11H2,1-3H3,(H,18,22)(H,20,21). The molecule has 1 aromatic carbocycles. The number of amides is 2. The van der Waals surface area contributed by atoms with Crippen molar-refractivity contribution in [3.05, 3.63) is 35.4 Å². The van der Waals surface area contributed by atoms with Gasteiger partial charge < -0.3 is 15.3 Å². The van der Waals surface area contributed by atoms with Crippen LogP contribution in [0.2, 0.25) is 0 Å². The minimum Gasteiger partial charge on any atom is -0.481 e. The minimum atomic E-state index is -0.900. The van der Waals surface area contributed by atoms with Gasteiger partial charge in [0.25, 0.3) is 0 Å². The molecule has 5 nitrogen and oxygen atoms in total. The van der Waals surface area contributed by atoms with Crippen molar-refractivity contribution < 1.29 is 14.7 Å². The zero-order valence-corrected chi connectivity index (χ0v) is 13.4. The summed E-state index contributed by atoms with van der Waals surface area (Å²) in [6.07, 6.45) is 1.98. The van der Waals surface area contributed by atoms with Crippen molar-refractivity contribution in [2.24, 2.45) is 5.41 Å². The molecule has 2 amide bonds. The van der Waals surface area contributed by atoms with Crippen LogP contribution in [0, 0.1) is 5.41 Å². The highest BCUT2D eigenvalue weighted by molar-refractivity contribution is 5.75. The van der Waals surface area contributed by atoms with Crippen molar-refractivity contribution in [3.63, 3.8) is 0 Å². The van der Waals surface area contributed by atoms with Crippen molar-refractivity contribution in [2.45, 2.75) is 39.2 Å². The van der Waals surface area contributed by atoms with Gasteiger partial charge in [-0.3, -0.25) is 4.79 Å². The number of aliphatic carboxylic acids is 1. The van der Waals surface area contributed by atoms with Gasteiger partial charge in [0, 0.05) is 13.6 Å². The summed E-state index contributed by atoms with van der Waals surface area (Å²) in [6, 6.07) is 7.91. The van der Waals surface area contributed by atoms with Crippen LogP contribution in [0.15, 0.2) is 24.3 Å². The fourth-order valence-electron chi connectivity index (χ4n) is 2.94. The van der Waals surface area contributed by atoms with Gasteiger partial charge in [0.15, 0.2) is 0 Å². The number of fused-ring (bicyclic) bond motifs is 1. The first-order valence-electron chi connectivity index (χ1n) is 7.62. The van der Waals surface area contributed by atoms with Crippen LogP contribution in [-0.2, 0) is 11.2 Å². The number of carboxylic acids is 1. The van der Waals surface area contributed by atoms with E-state index in [1.54, 1.807) is 7.05 Å². The molecular weight excluding hydrogens is 280 g/mol. The van der Waals surface area contributed by atoms with Gasteiger partial charge >= 0.3 is 12.0 Å². The molecule has 0 spiro atoms. The van der Waals surface area contributed by atoms with Crippen molar-refractivity contribution in [1.29, 1.82) is 0 Å². The fourth-order valence-corrected chi connectivity index (χ4v) is 2.94. The Kier molecular flexibility index (Phi) is 4.74. The SMILES string of the molecule is CN(CCC(=O)O)C(=O)NC1c2ccccc2CCC1(C)C. The summed E-state index contributed by atoms with van der Waals surface area (Å²) in [6.45, 7) is 4.52. The zero-order chi connectivity index (χ0) is 16.3. The van der Waals surface area contributed by atoms with Gasteiger partial charge in [0.2, 0.25) is 0 Å². The molecule has 1 aliphatic rings. The smallest absolute Gasteiger partial charge is 0.317 e. The van der Waals surface area contributed by atoms with E-state index in [9.17, 15) is 9.59 Å². The van der Waals surface area contributed by atoms with Gasteiger partial charge in [0.1, 0.15) is 0 Å². The van der Waals surface area contributed by atoms with E-state index in [-0.39, 0.29) is 30.5 Å². The fraction of sp³-hybridized carbons (Fsp3) is 0.529. The largest absolute Gasteiger partial charge is 0.481 e. The maximum atomic E-state index is 12.3. The van der Waals surface area contributed by atoms with Gasteiger partial charge in [-0.15, -0.1) is 0 Å². The Bertz CT molecular complexity index is 569. The average molecular weight is 304 g/mol. The van der Waals surface area contributed by atoms with Crippen LogP contribution in [-0.4, -0.2) is 35.6 Å². The Morgan fingerprint density at radius 2 is 2.05 bits per heavy atom. The van der Waals surface area contributed by atoms with Crippen LogP contribution in [0.3, 0.4) is 0 Å². The molecule has 1 atom stereocenters. The molecule has 0 radical (unpaired) electrons. The number of carbonyl (C=O) groups excluding carboxylic acids is 1. The molecule has 0 fully saturated rings. The normalized spacial score (nSPS) is 19.1. The van der Waals surface area contributed by atoms with Crippen molar-refractivity contribution in [1.82, 2.24) is 10.2 Å². The molecule has 0 aromatic heterocycles. The van der Waals surface area contributed by atoms with Crippen molar-refractivity contribution in [3.8, 4) is 0 Å². The molecule has 0 saturated carbocycles. The maximum Gasteiger partial charge on any atom is 0.317 e. The number of hydrogen-bond donors (Lipinski definition) is 2. The molecule has 0 saturated heterocycles. The van der Waals surface area contributed by atoms with Crippen molar-refractivity contribution >= 4 is 12.0 Å². The van der Waals surface area contributed by atoms with Crippen molar-refractivity contribution in [2.75, 3.05) is 13.6 Å². The van der Waals surface area contributed by atoms with Gasteiger partial charge in [-0.25, -0.2) is 4.79 Å². The number of aryl methyl sites for hydroxylation is 1. The molecule has 0 heterocycles. The highest BCUT2D eigenvalue weighted by Crippen LogP contribution is 2.43. The number of benzene rings is 1. The first-order chi connectivity index (χ1) is 10.3. The monoisotopic (exact) mass is 304 g/mol. The quantitative estimate of drug-likeness (QED) is 0.898. The molecular formula is C17H24N2O3. The van der Waals surface area contributed by atoms with Gasteiger partial charge in [0.05, 0.1) is 12.5 Å². The Labute approximate surface area is 131 Å². The van der Waals surface area contributed by atoms with Crippen LogP contribution in [0.25, 0.3) is 0 Å². The number of urea groups is 1. The lowest BCUT2D eigenvalue weighted by molar-refractivity contribution is -0.137. The molecule has 1 unspecified atom stereocenters. The lowest BCUT2D eigenvalue weighted by Crippen LogP contribution is -2.46. The van der Waals surface area contributed by atoms with Crippen LogP contribution in [0.5, 0.6) is 0 Å². The third kappa shape index (κ3) is 3.59. The summed E-state index contributed by atoms with van der Waals surface area (Å²) in [7, 11) is 1.63. The highest BCUT2D eigenvalue weighted by Gasteiger charge is 2.37. The number of rotatable bonds is 4. The predicted molar refractivity (Wildman–Crippen MR) is 84.7 cm³/mol. The number of nitrogens with one attached hydrogen (secondary N) is 1. The highest BCUT2D eigenvalue weighted by atomic mass is 16.4. The lowest BCUT2D eigenvalue weighted by Gasteiger charge is -2.41. The Morgan fingerprint density at radius 1 is 1.36 bits per heavy atom. The van der Waals surface area contributed by atoms with Crippen LogP contribution in [0.1, 0.15) is 43.9 Å². The van der Waals surface area contributed by atoms with E-state index >= 15 is 0 Å². The summed E-state index contributed by atoms with van der Waals surface area (Å²) < 4.78 is 0. The first-order valence-corrected chi connectivity index (χ1v) is 7.62. The summed E-state index contributed by atoms with van der Waals surface area (Å²) in [5.41, 5.74) is 2.41. The molecule has 0 bridgehead atoms. The molecule has 5 heteroatoms. The summed E-state index contributed by atoms with van der Waals surface area (Å²) >= 11 is 0. The number of carbonyl (C=O) groups is 2. The van der Waals surface area contributed by atoms with E-state index in [1.807, 2.05) is 12.1 Å². The number of hydrogen-bond acceptors (Lipinski definition) is 2. The lowest BCUT2D eigenvalue weighted by atomic mass is 9.70. The molecule has 120 valence electrons. The Balaban J connectivity index is 2.13. The van der Waals surface area contributed by atoms with E-state index in [2.05, 4.69) is 31.3 Å². The second-order valence-corrected chi connectivity index (χ2v) is 6.64. The first kappa shape index (κ1) is 16.3.